The van der Waals surface area contributed by atoms with Crippen LogP contribution in [0.1, 0.15) is 29.7 Å². The molecule has 0 saturated carbocycles. The molecule has 202 valence electrons. The number of aromatic nitrogens is 3. The Labute approximate surface area is 233 Å². The molecular weight excluding hydrogens is 502 g/mol. The number of benzene rings is 4. The van der Waals surface area contributed by atoms with Crippen LogP contribution in [-0.4, -0.2) is 38.3 Å². The molecule has 0 unspecified atom stereocenters. The van der Waals surface area contributed by atoms with Crippen molar-refractivity contribution in [3.63, 3.8) is 0 Å². The second-order valence-electron chi connectivity index (χ2n) is 9.32. The maximum Gasteiger partial charge on any atom is 0.247 e. The van der Waals surface area contributed by atoms with Crippen LogP contribution in [0.4, 0.5) is 0 Å². The highest BCUT2D eigenvalue weighted by molar-refractivity contribution is 5.89. The van der Waals surface area contributed by atoms with Crippen molar-refractivity contribution in [2.45, 2.75) is 32.6 Å². The number of rotatable bonds is 11. The molecular formula is C32H31N5O3. The maximum absolute atomic E-state index is 14.1. The summed E-state index contributed by atoms with van der Waals surface area (Å²) in [5.41, 5.74) is 3.92. The van der Waals surface area contributed by atoms with Crippen LogP contribution in [0.15, 0.2) is 109 Å². The van der Waals surface area contributed by atoms with Crippen LogP contribution >= 0.6 is 0 Å². The van der Waals surface area contributed by atoms with E-state index in [-0.39, 0.29) is 24.9 Å². The summed E-state index contributed by atoms with van der Waals surface area (Å²) in [5.74, 6) is -0.0173. The lowest BCUT2D eigenvalue weighted by atomic mass is 10.0. The van der Waals surface area contributed by atoms with Crippen LogP contribution < -0.4 is 10.1 Å². The SMILES string of the molecule is CCOc1ccccc1[C@H](C(=O)NCc1ccccc1)N(Cc1ccccc1)C(=O)Cn1nnc2ccccc21. The Bertz CT molecular complexity index is 1570. The number of para-hydroxylation sites is 2. The van der Waals surface area contributed by atoms with E-state index in [0.717, 1.165) is 16.6 Å². The molecule has 1 aromatic heterocycles. The molecule has 5 aromatic rings. The lowest BCUT2D eigenvalue weighted by Crippen LogP contribution is -2.44. The minimum Gasteiger partial charge on any atom is -0.494 e. The summed E-state index contributed by atoms with van der Waals surface area (Å²) in [6, 6.07) is 33.2. The normalized spacial score (nSPS) is 11.6. The van der Waals surface area contributed by atoms with Crippen LogP contribution in [0.3, 0.4) is 0 Å². The lowest BCUT2D eigenvalue weighted by molar-refractivity contribution is -0.142. The summed E-state index contributed by atoms with van der Waals surface area (Å²) in [4.78, 5) is 29.8. The van der Waals surface area contributed by atoms with Crippen LogP contribution in [-0.2, 0) is 29.2 Å². The highest BCUT2D eigenvalue weighted by Crippen LogP contribution is 2.32. The number of carbonyl (C=O) groups is 2. The predicted molar refractivity (Wildman–Crippen MR) is 153 cm³/mol. The number of amides is 2. The van der Waals surface area contributed by atoms with E-state index in [0.29, 0.717) is 30.0 Å². The number of nitrogens with one attached hydrogen (secondary N) is 1. The lowest BCUT2D eigenvalue weighted by Gasteiger charge is -2.32. The Morgan fingerprint density at radius 2 is 1.50 bits per heavy atom. The summed E-state index contributed by atoms with van der Waals surface area (Å²) < 4.78 is 7.50. The van der Waals surface area contributed by atoms with Gasteiger partial charge in [-0.05, 0) is 36.2 Å². The molecule has 2 amide bonds. The largest absolute Gasteiger partial charge is 0.494 e. The fourth-order valence-corrected chi connectivity index (χ4v) is 4.68. The fourth-order valence-electron chi connectivity index (χ4n) is 4.68. The average Bonchev–Trinajstić information content (AvgIpc) is 3.40. The molecule has 0 saturated heterocycles. The van der Waals surface area contributed by atoms with Crippen molar-refractivity contribution in [3.05, 3.63) is 126 Å². The third-order valence-corrected chi connectivity index (χ3v) is 6.60. The summed E-state index contributed by atoms with van der Waals surface area (Å²) in [6.07, 6.45) is 0. The molecule has 1 N–H and O–H groups in total. The van der Waals surface area contributed by atoms with Crippen molar-refractivity contribution in [2.24, 2.45) is 0 Å². The molecule has 0 aliphatic rings. The number of fused-ring (bicyclic) bond motifs is 1. The topological polar surface area (TPSA) is 89.4 Å². The zero-order valence-corrected chi connectivity index (χ0v) is 22.3. The zero-order valence-electron chi connectivity index (χ0n) is 22.3. The summed E-state index contributed by atoms with van der Waals surface area (Å²) in [6.45, 7) is 2.79. The predicted octanol–water partition coefficient (Wildman–Crippen LogP) is 4.92. The van der Waals surface area contributed by atoms with E-state index in [1.165, 1.54) is 0 Å². The van der Waals surface area contributed by atoms with Crippen molar-refractivity contribution in [1.82, 2.24) is 25.2 Å². The minimum atomic E-state index is -0.950. The molecule has 8 nitrogen and oxygen atoms in total. The van der Waals surface area contributed by atoms with Crippen molar-refractivity contribution >= 4 is 22.8 Å². The van der Waals surface area contributed by atoms with Crippen LogP contribution in [0, 0.1) is 0 Å². The quantitative estimate of drug-likeness (QED) is 0.260. The molecule has 0 radical (unpaired) electrons. The number of nitrogens with zero attached hydrogens (tertiary/aromatic N) is 4. The van der Waals surface area contributed by atoms with Gasteiger partial charge in [-0.3, -0.25) is 9.59 Å². The molecule has 4 aromatic carbocycles. The van der Waals surface area contributed by atoms with Crippen molar-refractivity contribution in [1.29, 1.82) is 0 Å². The first-order valence-electron chi connectivity index (χ1n) is 13.3. The first-order chi connectivity index (χ1) is 19.6. The van der Waals surface area contributed by atoms with Crippen molar-refractivity contribution < 1.29 is 14.3 Å². The molecule has 0 fully saturated rings. The molecule has 0 spiro atoms. The molecule has 5 rings (SSSR count). The van der Waals surface area contributed by atoms with Gasteiger partial charge in [-0.15, -0.1) is 5.10 Å². The van der Waals surface area contributed by atoms with Gasteiger partial charge < -0.3 is 15.0 Å². The molecule has 0 aliphatic carbocycles. The first kappa shape index (κ1) is 26.6. The molecule has 8 heteroatoms. The van der Waals surface area contributed by atoms with Gasteiger partial charge in [0.15, 0.2) is 0 Å². The molecule has 40 heavy (non-hydrogen) atoms. The van der Waals surface area contributed by atoms with E-state index in [4.69, 9.17) is 4.74 Å². The van der Waals surface area contributed by atoms with Gasteiger partial charge in [-0.2, -0.15) is 0 Å². The van der Waals surface area contributed by atoms with Crippen molar-refractivity contribution in [3.8, 4) is 5.75 Å². The second-order valence-corrected chi connectivity index (χ2v) is 9.32. The Kier molecular flexibility index (Phi) is 8.46. The van der Waals surface area contributed by atoms with Gasteiger partial charge in [-0.1, -0.05) is 96.2 Å². The second kappa shape index (κ2) is 12.7. The smallest absolute Gasteiger partial charge is 0.247 e. The van der Waals surface area contributed by atoms with Crippen LogP contribution in [0.5, 0.6) is 5.75 Å². The number of carbonyl (C=O) groups excluding carboxylic acids is 2. The van der Waals surface area contributed by atoms with Gasteiger partial charge in [0.25, 0.3) is 0 Å². The number of hydrogen-bond donors (Lipinski definition) is 1. The van der Waals surface area contributed by atoms with E-state index in [2.05, 4.69) is 15.6 Å². The standard InChI is InChI=1S/C32H31N5O3/c1-2-40-29-20-12-9-17-26(29)31(32(39)33-21-24-13-5-3-6-14-24)36(22-25-15-7-4-8-16-25)30(38)23-37-28-19-11-10-18-27(28)34-35-37/h3-20,31H,2,21-23H2,1H3,(H,33,39)/t31-/m1/s1. The van der Waals surface area contributed by atoms with E-state index < -0.39 is 6.04 Å². The average molecular weight is 534 g/mol. The van der Waals surface area contributed by atoms with Gasteiger partial charge in [-0.25, -0.2) is 4.68 Å². The Morgan fingerprint density at radius 1 is 0.850 bits per heavy atom. The summed E-state index contributed by atoms with van der Waals surface area (Å²) in [7, 11) is 0. The highest BCUT2D eigenvalue weighted by Gasteiger charge is 2.34. The summed E-state index contributed by atoms with van der Waals surface area (Å²) in [5, 5.41) is 11.5. The Morgan fingerprint density at radius 3 is 2.25 bits per heavy atom. The first-order valence-corrected chi connectivity index (χ1v) is 13.3. The van der Waals surface area contributed by atoms with Gasteiger partial charge in [0.05, 0.1) is 12.1 Å². The molecule has 0 bridgehead atoms. The molecule has 1 atom stereocenters. The molecule has 0 aliphatic heterocycles. The Balaban J connectivity index is 1.54. The van der Waals surface area contributed by atoms with E-state index in [1.807, 2.05) is 116 Å². The monoisotopic (exact) mass is 533 g/mol. The van der Waals surface area contributed by atoms with E-state index >= 15 is 0 Å². The van der Waals surface area contributed by atoms with Gasteiger partial charge >= 0.3 is 0 Å². The van der Waals surface area contributed by atoms with Gasteiger partial charge in [0, 0.05) is 18.7 Å². The third-order valence-electron chi connectivity index (χ3n) is 6.60. The zero-order chi connectivity index (χ0) is 27.7. The fraction of sp³-hybridized carbons (Fsp3) is 0.188. The minimum absolute atomic E-state index is 0.0768. The third kappa shape index (κ3) is 6.18. The van der Waals surface area contributed by atoms with Gasteiger partial charge in [0.2, 0.25) is 11.8 Å². The van der Waals surface area contributed by atoms with Gasteiger partial charge in [0.1, 0.15) is 23.9 Å². The van der Waals surface area contributed by atoms with Crippen molar-refractivity contribution in [2.75, 3.05) is 6.61 Å². The molecule has 1 heterocycles. The highest BCUT2D eigenvalue weighted by atomic mass is 16.5. The number of ether oxygens (including phenoxy) is 1. The van der Waals surface area contributed by atoms with Crippen LogP contribution in [0.25, 0.3) is 11.0 Å². The maximum atomic E-state index is 14.1. The van der Waals surface area contributed by atoms with Crippen LogP contribution in [0.2, 0.25) is 0 Å². The number of hydrogen-bond acceptors (Lipinski definition) is 5. The van der Waals surface area contributed by atoms with E-state index in [9.17, 15) is 9.59 Å². The Hall–Kier alpha value is -4.98. The van der Waals surface area contributed by atoms with E-state index in [1.54, 1.807) is 9.58 Å². The summed E-state index contributed by atoms with van der Waals surface area (Å²) >= 11 is 0.